The second-order valence-corrected chi connectivity index (χ2v) is 7.29. The Kier molecular flexibility index (Phi) is 5.25. The lowest BCUT2D eigenvalue weighted by atomic mass is 10.2. The monoisotopic (exact) mass is 332 g/mol. The predicted molar refractivity (Wildman–Crippen MR) is 92.9 cm³/mol. The van der Waals surface area contributed by atoms with E-state index in [2.05, 4.69) is 39.7 Å². The predicted octanol–water partition coefficient (Wildman–Crippen LogP) is 2.48. The number of thiazole rings is 1. The summed E-state index contributed by atoms with van der Waals surface area (Å²) >= 11 is 1.83. The van der Waals surface area contributed by atoms with E-state index in [1.165, 1.54) is 21.1 Å². The maximum absolute atomic E-state index is 5.11. The number of hydrogen-bond acceptors (Lipinski definition) is 6. The van der Waals surface area contributed by atoms with Crippen LogP contribution >= 0.6 is 11.3 Å². The zero-order valence-corrected chi connectivity index (χ0v) is 14.9. The van der Waals surface area contributed by atoms with Gasteiger partial charge in [-0.2, -0.15) is 0 Å². The molecule has 0 radical (unpaired) electrons. The summed E-state index contributed by atoms with van der Waals surface area (Å²) in [5, 5.41) is 1.17. The highest BCUT2D eigenvalue weighted by Gasteiger charge is 2.18. The Bertz CT molecular complexity index is 633. The summed E-state index contributed by atoms with van der Waals surface area (Å²) in [6.45, 7) is 10.6. The summed E-state index contributed by atoms with van der Waals surface area (Å²) in [5.74, 6) is 0.675. The number of aromatic nitrogens is 2. The molecular formula is C17H24N4OS. The van der Waals surface area contributed by atoms with Crippen molar-refractivity contribution >= 4 is 11.3 Å². The number of ether oxygens (including phenoxy) is 1. The number of pyridine rings is 1. The smallest absolute Gasteiger partial charge is 0.212 e. The topological polar surface area (TPSA) is 41.5 Å². The molecule has 1 fully saturated rings. The SMILES string of the molecule is COc1ccc(CN2CCN(Cc3sc(C)nc3C)CC2)cn1. The lowest BCUT2D eigenvalue weighted by Gasteiger charge is -2.34. The molecule has 0 spiro atoms. The Morgan fingerprint density at radius 1 is 1.09 bits per heavy atom. The molecule has 0 amide bonds. The number of rotatable bonds is 5. The van der Waals surface area contributed by atoms with E-state index in [1.807, 2.05) is 23.6 Å². The fourth-order valence-corrected chi connectivity index (χ4v) is 3.89. The number of methoxy groups -OCH3 is 1. The molecule has 0 N–H and O–H groups in total. The van der Waals surface area contributed by atoms with Crippen molar-refractivity contribution in [3.05, 3.63) is 39.5 Å². The van der Waals surface area contributed by atoms with Crippen molar-refractivity contribution in [2.24, 2.45) is 0 Å². The molecule has 6 heteroatoms. The first-order chi connectivity index (χ1) is 11.1. The Hall–Kier alpha value is -1.50. The van der Waals surface area contributed by atoms with Crippen molar-refractivity contribution < 1.29 is 4.74 Å². The summed E-state index contributed by atoms with van der Waals surface area (Å²) in [7, 11) is 1.65. The van der Waals surface area contributed by atoms with Crippen molar-refractivity contribution in [3.63, 3.8) is 0 Å². The number of nitrogens with zero attached hydrogens (tertiary/aromatic N) is 4. The fraction of sp³-hybridized carbons (Fsp3) is 0.529. The highest BCUT2D eigenvalue weighted by atomic mass is 32.1. The summed E-state index contributed by atoms with van der Waals surface area (Å²) in [6, 6.07) is 4.03. The van der Waals surface area contributed by atoms with Crippen LogP contribution in [0.25, 0.3) is 0 Å². The lowest BCUT2D eigenvalue weighted by molar-refractivity contribution is 0.122. The molecule has 1 aliphatic heterocycles. The first kappa shape index (κ1) is 16.4. The average Bonchev–Trinajstić information content (AvgIpc) is 2.87. The summed E-state index contributed by atoms with van der Waals surface area (Å²) in [6.07, 6.45) is 1.91. The second kappa shape index (κ2) is 7.38. The maximum atomic E-state index is 5.11. The number of piperazine rings is 1. The molecule has 0 bridgehead atoms. The third-order valence-electron chi connectivity index (χ3n) is 4.24. The molecule has 1 saturated heterocycles. The summed E-state index contributed by atoms with van der Waals surface area (Å²) in [5.41, 5.74) is 2.44. The van der Waals surface area contributed by atoms with E-state index in [0.29, 0.717) is 5.88 Å². The fourth-order valence-electron chi connectivity index (χ4n) is 2.91. The van der Waals surface area contributed by atoms with E-state index in [1.54, 1.807) is 7.11 Å². The molecule has 124 valence electrons. The zero-order chi connectivity index (χ0) is 16.2. The molecule has 3 heterocycles. The first-order valence-corrected chi connectivity index (χ1v) is 8.82. The minimum atomic E-state index is 0.675. The standard InChI is InChI=1S/C17H24N4OS/c1-13-16(23-14(2)19-13)12-21-8-6-20(7-9-21)11-15-4-5-17(22-3)18-10-15/h4-5,10H,6-9,11-12H2,1-3H3. The van der Waals surface area contributed by atoms with Crippen LogP contribution in [0.15, 0.2) is 18.3 Å². The van der Waals surface area contributed by atoms with Gasteiger partial charge in [0.2, 0.25) is 5.88 Å². The summed E-state index contributed by atoms with van der Waals surface area (Å²) in [4.78, 5) is 15.2. The van der Waals surface area contributed by atoms with Gasteiger partial charge in [0.05, 0.1) is 17.8 Å². The van der Waals surface area contributed by atoms with E-state index in [0.717, 1.165) is 39.3 Å². The highest BCUT2D eigenvalue weighted by Crippen LogP contribution is 2.20. The van der Waals surface area contributed by atoms with Gasteiger partial charge in [-0.1, -0.05) is 6.07 Å². The van der Waals surface area contributed by atoms with Gasteiger partial charge in [-0.25, -0.2) is 9.97 Å². The van der Waals surface area contributed by atoms with Crippen LogP contribution in [-0.2, 0) is 13.1 Å². The Balaban J connectivity index is 1.49. The molecule has 0 aliphatic carbocycles. The zero-order valence-electron chi connectivity index (χ0n) is 14.1. The average molecular weight is 332 g/mol. The minimum Gasteiger partial charge on any atom is -0.481 e. The molecule has 2 aromatic heterocycles. The highest BCUT2D eigenvalue weighted by molar-refractivity contribution is 7.11. The second-order valence-electron chi connectivity index (χ2n) is 6.00. The van der Waals surface area contributed by atoms with E-state index in [9.17, 15) is 0 Å². The van der Waals surface area contributed by atoms with Gasteiger partial charge in [-0.05, 0) is 19.4 Å². The molecule has 1 aliphatic rings. The van der Waals surface area contributed by atoms with Gasteiger partial charge in [0.15, 0.2) is 0 Å². The maximum Gasteiger partial charge on any atom is 0.212 e. The van der Waals surface area contributed by atoms with Crippen LogP contribution in [-0.4, -0.2) is 53.1 Å². The van der Waals surface area contributed by atoms with E-state index in [4.69, 9.17) is 4.74 Å². The largest absolute Gasteiger partial charge is 0.481 e. The third-order valence-corrected chi connectivity index (χ3v) is 5.30. The first-order valence-electron chi connectivity index (χ1n) is 8.00. The number of aryl methyl sites for hydroxylation is 2. The van der Waals surface area contributed by atoms with Gasteiger partial charge in [-0.3, -0.25) is 9.80 Å². The summed E-state index contributed by atoms with van der Waals surface area (Å²) < 4.78 is 5.11. The molecule has 2 aromatic rings. The molecule has 0 unspecified atom stereocenters. The van der Waals surface area contributed by atoms with Gasteiger partial charge in [0.1, 0.15) is 0 Å². The van der Waals surface area contributed by atoms with Gasteiger partial charge < -0.3 is 4.74 Å². The van der Waals surface area contributed by atoms with Crippen LogP contribution in [0.1, 0.15) is 21.1 Å². The lowest BCUT2D eigenvalue weighted by Crippen LogP contribution is -2.45. The van der Waals surface area contributed by atoms with Crippen LogP contribution in [0.4, 0.5) is 0 Å². The van der Waals surface area contributed by atoms with Crippen molar-refractivity contribution in [2.75, 3.05) is 33.3 Å². The van der Waals surface area contributed by atoms with E-state index >= 15 is 0 Å². The van der Waals surface area contributed by atoms with Crippen molar-refractivity contribution in [2.45, 2.75) is 26.9 Å². The molecule has 0 aromatic carbocycles. The molecule has 3 rings (SSSR count). The van der Waals surface area contributed by atoms with Crippen LogP contribution in [0.3, 0.4) is 0 Å². The minimum absolute atomic E-state index is 0.675. The van der Waals surface area contributed by atoms with E-state index in [-0.39, 0.29) is 0 Å². The van der Waals surface area contributed by atoms with Crippen LogP contribution in [0.5, 0.6) is 5.88 Å². The Morgan fingerprint density at radius 3 is 2.30 bits per heavy atom. The van der Waals surface area contributed by atoms with Crippen LogP contribution < -0.4 is 4.74 Å². The van der Waals surface area contributed by atoms with Gasteiger partial charge in [0.25, 0.3) is 0 Å². The van der Waals surface area contributed by atoms with Gasteiger partial charge >= 0.3 is 0 Å². The Morgan fingerprint density at radius 2 is 1.78 bits per heavy atom. The van der Waals surface area contributed by atoms with Crippen molar-refractivity contribution in [1.29, 1.82) is 0 Å². The Labute approximate surface area is 141 Å². The molecule has 0 saturated carbocycles. The van der Waals surface area contributed by atoms with Gasteiger partial charge in [0, 0.05) is 56.4 Å². The third kappa shape index (κ3) is 4.28. The normalized spacial score (nSPS) is 16.7. The number of hydrogen-bond donors (Lipinski definition) is 0. The molecular weight excluding hydrogens is 308 g/mol. The van der Waals surface area contributed by atoms with Crippen molar-refractivity contribution in [3.8, 4) is 5.88 Å². The van der Waals surface area contributed by atoms with Gasteiger partial charge in [-0.15, -0.1) is 11.3 Å². The molecule has 0 atom stereocenters. The van der Waals surface area contributed by atoms with Crippen LogP contribution in [0.2, 0.25) is 0 Å². The molecule has 5 nitrogen and oxygen atoms in total. The van der Waals surface area contributed by atoms with Crippen LogP contribution in [0, 0.1) is 13.8 Å². The molecule has 23 heavy (non-hydrogen) atoms. The quantitative estimate of drug-likeness (QED) is 0.841. The van der Waals surface area contributed by atoms with E-state index < -0.39 is 0 Å². The van der Waals surface area contributed by atoms with Crippen molar-refractivity contribution in [1.82, 2.24) is 19.8 Å².